The molecule has 0 unspecified atom stereocenters. The number of imidazole rings is 1. The van der Waals surface area contributed by atoms with Crippen LogP contribution in [-0.4, -0.2) is 35.1 Å². The van der Waals surface area contributed by atoms with Crippen LogP contribution in [0.15, 0.2) is 60.9 Å². The smallest absolute Gasteiger partial charge is 0.315 e. The molecule has 26 heavy (non-hydrogen) atoms. The number of hydrogen-bond acceptors (Lipinski definition) is 3. The molecule has 2 aromatic heterocycles. The van der Waals surface area contributed by atoms with Gasteiger partial charge in [-0.15, -0.1) is 0 Å². The Bertz CT molecular complexity index is 843. The number of carbonyl (C=O) groups excluding carboxylic acids is 1. The van der Waals surface area contributed by atoms with Crippen molar-refractivity contribution in [2.75, 3.05) is 24.5 Å². The van der Waals surface area contributed by atoms with E-state index in [-0.39, 0.29) is 6.03 Å². The van der Waals surface area contributed by atoms with Gasteiger partial charge in [0.1, 0.15) is 5.65 Å². The maximum absolute atomic E-state index is 12.1. The maximum Gasteiger partial charge on any atom is 0.315 e. The first-order valence-electron chi connectivity index (χ1n) is 9.02. The highest BCUT2D eigenvalue weighted by Gasteiger charge is 2.22. The Morgan fingerprint density at radius 2 is 1.96 bits per heavy atom. The third-order valence-corrected chi connectivity index (χ3v) is 4.80. The first-order valence-corrected chi connectivity index (χ1v) is 9.02. The summed E-state index contributed by atoms with van der Waals surface area (Å²) >= 11 is 0. The summed E-state index contributed by atoms with van der Waals surface area (Å²) in [5, 5.41) is 5.88. The molecule has 0 saturated carbocycles. The van der Waals surface area contributed by atoms with Crippen LogP contribution in [0.25, 0.3) is 5.65 Å². The van der Waals surface area contributed by atoms with Gasteiger partial charge < -0.3 is 19.9 Å². The Balaban J connectivity index is 1.22. The van der Waals surface area contributed by atoms with Crippen molar-refractivity contribution in [3.05, 3.63) is 66.6 Å². The van der Waals surface area contributed by atoms with E-state index in [1.54, 1.807) is 0 Å². The van der Waals surface area contributed by atoms with Crippen molar-refractivity contribution >= 4 is 17.4 Å². The second kappa shape index (κ2) is 7.47. The number of nitrogens with one attached hydrogen (secondary N) is 2. The second-order valence-corrected chi connectivity index (χ2v) is 6.70. The number of hydrogen-bond donors (Lipinski definition) is 2. The fourth-order valence-corrected chi connectivity index (χ4v) is 3.42. The molecule has 0 aliphatic carbocycles. The van der Waals surface area contributed by atoms with E-state index in [2.05, 4.69) is 44.8 Å². The van der Waals surface area contributed by atoms with Crippen molar-refractivity contribution in [2.24, 2.45) is 5.92 Å². The highest BCUT2D eigenvalue weighted by molar-refractivity contribution is 5.73. The molecule has 0 bridgehead atoms. The number of fused-ring (bicyclic) bond motifs is 1. The zero-order chi connectivity index (χ0) is 17.8. The van der Waals surface area contributed by atoms with Crippen molar-refractivity contribution in [2.45, 2.75) is 13.0 Å². The monoisotopic (exact) mass is 349 g/mol. The summed E-state index contributed by atoms with van der Waals surface area (Å²) in [6.07, 6.45) is 4.98. The quantitative estimate of drug-likeness (QED) is 0.744. The van der Waals surface area contributed by atoms with E-state index in [1.807, 2.05) is 41.1 Å². The lowest BCUT2D eigenvalue weighted by atomic mass is 10.1. The van der Waals surface area contributed by atoms with Gasteiger partial charge in [0.15, 0.2) is 0 Å². The number of para-hydroxylation sites is 1. The number of urea groups is 1. The van der Waals surface area contributed by atoms with Crippen molar-refractivity contribution in [1.82, 2.24) is 20.0 Å². The summed E-state index contributed by atoms with van der Waals surface area (Å²) < 4.78 is 1.95. The fraction of sp³-hybridized carbons (Fsp3) is 0.300. The van der Waals surface area contributed by atoms with Gasteiger partial charge in [-0.1, -0.05) is 24.3 Å². The molecule has 0 radical (unpaired) electrons. The van der Waals surface area contributed by atoms with Gasteiger partial charge in [-0.05, 0) is 36.6 Å². The van der Waals surface area contributed by atoms with Crippen LogP contribution in [0.1, 0.15) is 12.1 Å². The predicted molar refractivity (Wildman–Crippen MR) is 102 cm³/mol. The van der Waals surface area contributed by atoms with E-state index in [1.165, 1.54) is 5.69 Å². The third kappa shape index (κ3) is 3.79. The molecule has 2 amide bonds. The fourth-order valence-electron chi connectivity index (χ4n) is 3.42. The van der Waals surface area contributed by atoms with Crippen molar-refractivity contribution < 1.29 is 4.79 Å². The normalized spacial score (nSPS) is 16.8. The zero-order valence-corrected chi connectivity index (χ0v) is 14.6. The van der Waals surface area contributed by atoms with E-state index >= 15 is 0 Å². The molecular formula is C20H23N5O. The Labute approximate surface area is 152 Å². The molecule has 1 aliphatic rings. The molecule has 134 valence electrons. The van der Waals surface area contributed by atoms with Crippen LogP contribution >= 0.6 is 0 Å². The van der Waals surface area contributed by atoms with Crippen molar-refractivity contribution in [3.63, 3.8) is 0 Å². The van der Waals surface area contributed by atoms with E-state index < -0.39 is 0 Å². The van der Waals surface area contributed by atoms with Crippen LogP contribution < -0.4 is 15.5 Å². The summed E-state index contributed by atoms with van der Waals surface area (Å²) in [4.78, 5) is 18.9. The SMILES string of the molecule is O=C(NCc1cn2ccccc2n1)NC[C@H]1CCN(c2ccccc2)C1. The molecule has 4 rings (SSSR count). The minimum atomic E-state index is -0.139. The Hall–Kier alpha value is -3.02. The molecular weight excluding hydrogens is 326 g/mol. The van der Waals surface area contributed by atoms with Crippen molar-refractivity contribution in [1.29, 1.82) is 0 Å². The van der Waals surface area contributed by atoms with E-state index in [0.29, 0.717) is 19.0 Å². The Morgan fingerprint density at radius 1 is 1.12 bits per heavy atom. The highest BCUT2D eigenvalue weighted by Crippen LogP contribution is 2.22. The van der Waals surface area contributed by atoms with E-state index in [0.717, 1.165) is 30.9 Å². The van der Waals surface area contributed by atoms with Gasteiger partial charge in [0.25, 0.3) is 0 Å². The lowest BCUT2D eigenvalue weighted by molar-refractivity contribution is 0.239. The number of benzene rings is 1. The van der Waals surface area contributed by atoms with Gasteiger partial charge >= 0.3 is 6.03 Å². The van der Waals surface area contributed by atoms with Crippen LogP contribution in [0.5, 0.6) is 0 Å². The number of nitrogens with zero attached hydrogens (tertiary/aromatic N) is 3. The molecule has 3 heterocycles. The maximum atomic E-state index is 12.1. The summed E-state index contributed by atoms with van der Waals surface area (Å²) in [6, 6.07) is 16.1. The zero-order valence-electron chi connectivity index (χ0n) is 14.6. The van der Waals surface area contributed by atoms with Gasteiger partial charge in [0, 0.05) is 37.7 Å². The van der Waals surface area contributed by atoms with Crippen LogP contribution in [0.4, 0.5) is 10.5 Å². The highest BCUT2D eigenvalue weighted by atomic mass is 16.2. The third-order valence-electron chi connectivity index (χ3n) is 4.80. The van der Waals surface area contributed by atoms with Crippen LogP contribution in [0.2, 0.25) is 0 Å². The summed E-state index contributed by atoms with van der Waals surface area (Å²) in [5.74, 6) is 0.483. The predicted octanol–water partition coefficient (Wildman–Crippen LogP) is 2.66. The number of amides is 2. The average molecular weight is 349 g/mol. The minimum absolute atomic E-state index is 0.139. The molecule has 1 atom stereocenters. The number of carbonyl (C=O) groups is 1. The first-order chi connectivity index (χ1) is 12.8. The van der Waals surface area contributed by atoms with E-state index in [4.69, 9.17) is 0 Å². The van der Waals surface area contributed by atoms with Gasteiger partial charge in [-0.25, -0.2) is 9.78 Å². The number of pyridine rings is 1. The van der Waals surface area contributed by atoms with Gasteiger partial charge in [0.05, 0.1) is 12.2 Å². The standard InChI is InChI=1S/C20H23N5O/c26-20(22-13-17-15-25-10-5-4-8-19(25)23-17)21-12-16-9-11-24(14-16)18-6-2-1-3-7-18/h1-8,10,15-16H,9,11-14H2,(H2,21,22,26)/t16-/m1/s1. The van der Waals surface area contributed by atoms with Gasteiger partial charge in [-0.2, -0.15) is 0 Å². The lowest BCUT2D eigenvalue weighted by Crippen LogP contribution is -2.38. The summed E-state index contributed by atoms with van der Waals surface area (Å²) in [7, 11) is 0. The molecule has 1 fully saturated rings. The average Bonchev–Trinajstić information content (AvgIpc) is 3.32. The molecule has 1 aliphatic heterocycles. The van der Waals surface area contributed by atoms with Gasteiger partial charge in [0.2, 0.25) is 0 Å². The Morgan fingerprint density at radius 3 is 2.81 bits per heavy atom. The molecule has 6 heteroatoms. The molecule has 6 nitrogen and oxygen atoms in total. The van der Waals surface area contributed by atoms with Crippen LogP contribution in [0.3, 0.4) is 0 Å². The molecule has 3 aromatic rings. The lowest BCUT2D eigenvalue weighted by Gasteiger charge is -2.18. The van der Waals surface area contributed by atoms with Crippen LogP contribution in [-0.2, 0) is 6.54 Å². The Kier molecular flexibility index (Phi) is 4.73. The van der Waals surface area contributed by atoms with Crippen molar-refractivity contribution in [3.8, 4) is 0 Å². The largest absolute Gasteiger partial charge is 0.371 e. The first kappa shape index (κ1) is 16.4. The second-order valence-electron chi connectivity index (χ2n) is 6.70. The summed E-state index contributed by atoms with van der Waals surface area (Å²) in [6.45, 7) is 3.14. The molecule has 2 N–H and O–H groups in total. The molecule has 1 aromatic carbocycles. The topological polar surface area (TPSA) is 61.7 Å². The van der Waals surface area contributed by atoms with Gasteiger partial charge in [-0.3, -0.25) is 0 Å². The molecule has 1 saturated heterocycles. The number of anilines is 1. The summed E-state index contributed by atoms with van der Waals surface area (Å²) in [5.41, 5.74) is 2.99. The number of rotatable bonds is 5. The molecule has 0 spiro atoms. The minimum Gasteiger partial charge on any atom is -0.371 e. The van der Waals surface area contributed by atoms with Crippen LogP contribution in [0, 0.1) is 5.92 Å². The number of aromatic nitrogens is 2. The van der Waals surface area contributed by atoms with E-state index in [9.17, 15) is 4.79 Å².